The zero-order valence-electron chi connectivity index (χ0n) is 12.1. The van der Waals surface area contributed by atoms with Gasteiger partial charge in [0.05, 0.1) is 0 Å². The average Bonchev–Trinajstić information content (AvgIpc) is 2.46. The van der Waals surface area contributed by atoms with Crippen LogP contribution in [-0.2, 0) is 0 Å². The van der Waals surface area contributed by atoms with Crippen molar-refractivity contribution in [2.75, 3.05) is 13.6 Å². The van der Waals surface area contributed by atoms with Crippen LogP contribution in [0.15, 0.2) is 54.6 Å². The summed E-state index contributed by atoms with van der Waals surface area (Å²) in [6, 6.07) is 19.5. The van der Waals surface area contributed by atoms with Crippen molar-refractivity contribution in [2.45, 2.75) is 19.8 Å². The van der Waals surface area contributed by atoms with Gasteiger partial charge < -0.3 is 5.32 Å². The summed E-state index contributed by atoms with van der Waals surface area (Å²) in [6.45, 7) is 5.60. The highest BCUT2D eigenvalue weighted by atomic mass is 14.8. The van der Waals surface area contributed by atoms with Gasteiger partial charge in [-0.1, -0.05) is 68.4 Å². The van der Waals surface area contributed by atoms with Gasteiger partial charge in [-0.05, 0) is 35.6 Å². The Morgan fingerprint density at radius 3 is 1.95 bits per heavy atom. The van der Waals surface area contributed by atoms with Gasteiger partial charge in [0, 0.05) is 6.54 Å². The van der Waals surface area contributed by atoms with Gasteiger partial charge in [0.15, 0.2) is 0 Å². The molecule has 1 unspecified atom stereocenters. The second-order valence-corrected chi connectivity index (χ2v) is 5.40. The Hall–Kier alpha value is -1.60. The Labute approximate surface area is 116 Å². The molecule has 2 aromatic carbocycles. The van der Waals surface area contributed by atoms with Crippen LogP contribution >= 0.6 is 0 Å². The molecule has 0 aromatic heterocycles. The van der Waals surface area contributed by atoms with Crippen molar-refractivity contribution in [3.05, 3.63) is 60.2 Å². The minimum atomic E-state index is 0.579. The van der Waals surface area contributed by atoms with Crippen molar-refractivity contribution >= 4 is 0 Å². The summed E-state index contributed by atoms with van der Waals surface area (Å²) in [5.74, 6) is 1.23. The maximum absolute atomic E-state index is 3.29. The lowest BCUT2D eigenvalue weighted by atomic mass is 9.87. The second kappa shape index (κ2) is 6.53. The van der Waals surface area contributed by atoms with Gasteiger partial charge in [-0.15, -0.1) is 0 Å². The number of hydrogen-bond donors (Lipinski definition) is 1. The summed E-state index contributed by atoms with van der Waals surface area (Å²) in [7, 11) is 2.02. The van der Waals surface area contributed by atoms with Crippen LogP contribution in [0, 0.1) is 5.92 Å². The lowest BCUT2D eigenvalue weighted by molar-refractivity contribution is 0.478. The van der Waals surface area contributed by atoms with Gasteiger partial charge in [0.1, 0.15) is 0 Å². The maximum atomic E-state index is 3.29. The molecule has 0 bridgehead atoms. The summed E-state index contributed by atoms with van der Waals surface area (Å²) in [5, 5.41) is 3.29. The minimum Gasteiger partial charge on any atom is -0.319 e. The Bertz CT molecular complexity index is 485. The molecule has 1 heteroatoms. The molecule has 100 valence electrons. The van der Waals surface area contributed by atoms with Crippen molar-refractivity contribution in [2.24, 2.45) is 5.92 Å². The number of nitrogens with one attached hydrogen (secondary N) is 1. The van der Waals surface area contributed by atoms with Crippen LogP contribution in [0.3, 0.4) is 0 Å². The van der Waals surface area contributed by atoms with E-state index in [0.717, 1.165) is 6.54 Å². The molecule has 0 aliphatic carbocycles. The van der Waals surface area contributed by atoms with Crippen molar-refractivity contribution in [1.29, 1.82) is 0 Å². The van der Waals surface area contributed by atoms with Crippen LogP contribution in [-0.4, -0.2) is 13.6 Å². The van der Waals surface area contributed by atoms with Gasteiger partial charge in [0.25, 0.3) is 0 Å². The summed E-state index contributed by atoms with van der Waals surface area (Å²) < 4.78 is 0. The van der Waals surface area contributed by atoms with Crippen molar-refractivity contribution in [3.63, 3.8) is 0 Å². The second-order valence-electron chi connectivity index (χ2n) is 5.40. The molecular formula is C18H23N. The molecule has 1 atom stereocenters. The Morgan fingerprint density at radius 2 is 1.42 bits per heavy atom. The van der Waals surface area contributed by atoms with Crippen LogP contribution in [0.1, 0.15) is 25.3 Å². The molecule has 1 nitrogen and oxygen atoms in total. The van der Waals surface area contributed by atoms with Crippen LogP contribution in [0.25, 0.3) is 11.1 Å². The average molecular weight is 253 g/mol. The lowest BCUT2D eigenvalue weighted by Gasteiger charge is -2.21. The number of likely N-dealkylation sites (N-methyl/N-ethyl adjacent to an activating group) is 1. The normalized spacial score (nSPS) is 12.6. The molecular weight excluding hydrogens is 230 g/mol. The predicted molar refractivity (Wildman–Crippen MR) is 83.4 cm³/mol. The Morgan fingerprint density at radius 1 is 0.842 bits per heavy atom. The topological polar surface area (TPSA) is 12.0 Å². The standard InChI is InChI=1S/C18H23N/c1-14(2)18(13-19-3)17-11-9-16(10-12-17)15-7-5-4-6-8-15/h4-12,14,18-19H,13H2,1-3H3. The van der Waals surface area contributed by atoms with Gasteiger partial charge >= 0.3 is 0 Å². The van der Waals surface area contributed by atoms with Crippen molar-refractivity contribution in [3.8, 4) is 11.1 Å². The molecule has 0 fully saturated rings. The maximum Gasteiger partial charge on any atom is 0.00196 e. The molecule has 0 saturated heterocycles. The first kappa shape index (κ1) is 13.8. The molecule has 2 aromatic rings. The molecule has 0 spiro atoms. The SMILES string of the molecule is CNCC(c1ccc(-c2ccccc2)cc1)C(C)C. The Balaban J connectivity index is 2.22. The quantitative estimate of drug-likeness (QED) is 0.837. The van der Waals surface area contributed by atoms with Crippen LogP contribution < -0.4 is 5.32 Å². The molecule has 0 amide bonds. The fourth-order valence-corrected chi connectivity index (χ4v) is 2.51. The Kier molecular flexibility index (Phi) is 4.75. The molecule has 0 saturated carbocycles. The third-order valence-electron chi connectivity index (χ3n) is 3.67. The van der Waals surface area contributed by atoms with Crippen molar-refractivity contribution in [1.82, 2.24) is 5.32 Å². The van der Waals surface area contributed by atoms with E-state index in [2.05, 4.69) is 73.8 Å². The van der Waals surface area contributed by atoms with Gasteiger partial charge in [-0.2, -0.15) is 0 Å². The highest BCUT2D eigenvalue weighted by Gasteiger charge is 2.14. The highest BCUT2D eigenvalue weighted by molar-refractivity contribution is 5.63. The largest absolute Gasteiger partial charge is 0.319 e. The fraction of sp³-hybridized carbons (Fsp3) is 0.333. The van der Waals surface area contributed by atoms with E-state index in [1.54, 1.807) is 0 Å². The molecule has 0 radical (unpaired) electrons. The van der Waals surface area contributed by atoms with E-state index < -0.39 is 0 Å². The first-order chi connectivity index (χ1) is 9.22. The van der Waals surface area contributed by atoms with E-state index in [9.17, 15) is 0 Å². The van der Waals surface area contributed by atoms with E-state index in [1.165, 1.54) is 16.7 Å². The summed E-state index contributed by atoms with van der Waals surface area (Å²) in [6.07, 6.45) is 0. The zero-order valence-corrected chi connectivity index (χ0v) is 12.1. The third-order valence-corrected chi connectivity index (χ3v) is 3.67. The molecule has 0 heterocycles. The first-order valence-electron chi connectivity index (χ1n) is 7.02. The van der Waals surface area contributed by atoms with E-state index in [4.69, 9.17) is 0 Å². The van der Waals surface area contributed by atoms with Crippen LogP contribution in [0.5, 0.6) is 0 Å². The fourth-order valence-electron chi connectivity index (χ4n) is 2.51. The summed E-state index contributed by atoms with van der Waals surface area (Å²) in [4.78, 5) is 0. The number of rotatable bonds is 5. The number of hydrogen-bond acceptors (Lipinski definition) is 1. The summed E-state index contributed by atoms with van der Waals surface area (Å²) in [5.41, 5.74) is 3.99. The molecule has 0 aliphatic rings. The first-order valence-corrected chi connectivity index (χ1v) is 7.02. The highest BCUT2D eigenvalue weighted by Crippen LogP contribution is 2.26. The van der Waals surface area contributed by atoms with Crippen molar-refractivity contribution < 1.29 is 0 Å². The molecule has 1 N–H and O–H groups in total. The minimum absolute atomic E-state index is 0.579. The van der Waals surface area contributed by atoms with E-state index in [-0.39, 0.29) is 0 Å². The van der Waals surface area contributed by atoms with Crippen LogP contribution in [0.4, 0.5) is 0 Å². The van der Waals surface area contributed by atoms with Crippen LogP contribution in [0.2, 0.25) is 0 Å². The number of benzene rings is 2. The molecule has 2 rings (SSSR count). The smallest absolute Gasteiger partial charge is 0.00196 e. The van der Waals surface area contributed by atoms with E-state index >= 15 is 0 Å². The molecule has 19 heavy (non-hydrogen) atoms. The molecule has 0 aliphatic heterocycles. The van der Waals surface area contributed by atoms with Gasteiger partial charge in [-0.3, -0.25) is 0 Å². The van der Waals surface area contributed by atoms with E-state index in [1.807, 2.05) is 7.05 Å². The zero-order chi connectivity index (χ0) is 13.7. The third kappa shape index (κ3) is 3.45. The van der Waals surface area contributed by atoms with Gasteiger partial charge in [-0.25, -0.2) is 0 Å². The lowest BCUT2D eigenvalue weighted by Crippen LogP contribution is -2.21. The monoisotopic (exact) mass is 253 g/mol. The van der Waals surface area contributed by atoms with E-state index in [0.29, 0.717) is 11.8 Å². The predicted octanol–water partition coefficient (Wildman–Crippen LogP) is 4.31. The van der Waals surface area contributed by atoms with Gasteiger partial charge in [0.2, 0.25) is 0 Å². The summed E-state index contributed by atoms with van der Waals surface area (Å²) >= 11 is 0.